The van der Waals surface area contributed by atoms with E-state index in [0.717, 1.165) is 6.42 Å². The molecule has 0 atom stereocenters. The van der Waals surface area contributed by atoms with Gasteiger partial charge < -0.3 is 9.64 Å². The highest BCUT2D eigenvalue weighted by atomic mass is 32.2. The first-order chi connectivity index (χ1) is 8.98. The van der Waals surface area contributed by atoms with Gasteiger partial charge >= 0.3 is 0 Å². The Kier molecular flexibility index (Phi) is 6.74. The second-order valence-electron chi connectivity index (χ2n) is 4.88. The summed E-state index contributed by atoms with van der Waals surface area (Å²) in [6, 6.07) is -0.0477. The second-order valence-corrected chi connectivity index (χ2v) is 6.75. The van der Waals surface area contributed by atoms with Crippen molar-refractivity contribution >= 4 is 15.9 Å². The van der Waals surface area contributed by atoms with Crippen molar-refractivity contribution in [1.82, 2.24) is 9.62 Å². The van der Waals surface area contributed by atoms with Crippen molar-refractivity contribution in [2.45, 2.75) is 38.6 Å². The lowest BCUT2D eigenvalue weighted by Gasteiger charge is -2.32. The molecule has 19 heavy (non-hydrogen) atoms. The quantitative estimate of drug-likeness (QED) is 0.734. The standard InChI is InChI=1S/C12H24N2O4S/c1-3-4-9-19(16,17)13-11-5-7-14(8-6-11)12(15)10-18-2/h11,13H,3-10H2,1-2H3. The Hall–Kier alpha value is -0.660. The number of piperidine rings is 1. The third-order valence-corrected chi connectivity index (χ3v) is 4.75. The van der Waals surface area contributed by atoms with Gasteiger partial charge in [0.05, 0.1) is 5.75 Å². The van der Waals surface area contributed by atoms with Crippen LogP contribution in [0.3, 0.4) is 0 Å². The summed E-state index contributed by atoms with van der Waals surface area (Å²) in [5.74, 6) is 0.154. The molecule has 0 aromatic rings. The number of hydrogen-bond donors (Lipinski definition) is 1. The molecule has 0 aromatic heterocycles. The topological polar surface area (TPSA) is 75.7 Å². The highest BCUT2D eigenvalue weighted by Gasteiger charge is 2.25. The number of hydrogen-bond acceptors (Lipinski definition) is 4. The van der Waals surface area contributed by atoms with Gasteiger partial charge in [0.1, 0.15) is 6.61 Å². The fraction of sp³-hybridized carbons (Fsp3) is 0.917. The highest BCUT2D eigenvalue weighted by Crippen LogP contribution is 2.12. The summed E-state index contributed by atoms with van der Waals surface area (Å²) in [5, 5.41) is 0. The molecule has 0 bridgehead atoms. The average molecular weight is 292 g/mol. The third kappa shape index (κ3) is 5.88. The van der Waals surface area contributed by atoms with Gasteiger partial charge in [0.15, 0.2) is 0 Å². The molecule has 1 N–H and O–H groups in total. The lowest BCUT2D eigenvalue weighted by Crippen LogP contribution is -2.47. The van der Waals surface area contributed by atoms with Gasteiger partial charge in [-0.2, -0.15) is 0 Å². The Morgan fingerprint density at radius 3 is 2.53 bits per heavy atom. The Balaban J connectivity index is 2.36. The summed E-state index contributed by atoms with van der Waals surface area (Å²) in [4.78, 5) is 13.3. The van der Waals surface area contributed by atoms with Crippen LogP contribution in [0.1, 0.15) is 32.6 Å². The van der Waals surface area contributed by atoms with Crippen molar-refractivity contribution in [3.05, 3.63) is 0 Å². The van der Waals surface area contributed by atoms with E-state index < -0.39 is 10.0 Å². The average Bonchev–Trinajstić information content (AvgIpc) is 2.37. The van der Waals surface area contributed by atoms with Crippen molar-refractivity contribution in [2.24, 2.45) is 0 Å². The van der Waals surface area contributed by atoms with Gasteiger partial charge in [-0.25, -0.2) is 13.1 Å². The first kappa shape index (κ1) is 16.4. The first-order valence-electron chi connectivity index (χ1n) is 6.75. The monoisotopic (exact) mass is 292 g/mol. The van der Waals surface area contributed by atoms with Crippen LogP contribution in [0.2, 0.25) is 0 Å². The Labute approximate surface area is 115 Å². The van der Waals surface area contributed by atoms with E-state index in [9.17, 15) is 13.2 Å². The molecule has 0 aliphatic carbocycles. The minimum absolute atomic E-state index is 0.0326. The SMILES string of the molecule is CCCCS(=O)(=O)NC1CCN(C(=O)COC)CC1. The van der Waals surface area contributed by atoms with Gasteiger partial charge in [-0.15, -0.1) is 0 Å². The minimum Gasteiger partial charge on any atom is -0.375 e. The number of methoxy groups -OCH3 is 1. The van der Waals surface area contributed by atoms with Crippen LogP contribution < -0.4 is 4.72 Å². The number of sulfonamides is 1. The number of nitrogens with one attached hydrogen (secondary N) is 1. The zero-order valence-electron chi connectivity index (χ0n) is 11.7. The molecule has 0 saturated carbocycles. The molecule has 1 amide bonds. The van der Waals surface area contributed by atoms with Gasteiger partial charge in [-0.05, 0) is 19.3 Å². The van der Waals surface area contributed by atoms with E-state index in [1.165, 1.54) is 7.11 Å². The van der Waals surface area contributed by atoms with Crippen molar-refractivity contribution in [3.63, 3.8) is 0 Å². The summed E-state index contributed by atoms with van der Waals surface area (Å²) in [7, 11) is -1.68. The van der Waals surface area contributed by atoms with Gasteiger partial charge in [-0.1, -0.05) is 13.3 Å². The molecule has 7 heteroatoms. The number of nitrogens with zero attached hydrogens (tertiary/aromatic N) is 1. The van der Waals surface area contributed by atoms with E-state index in [4.69, 9.17) is 4.74 Å². The molecule has 0 radical (unpaired) electrons. The molecule has 1 rings (SSSR count). The van der Waals surface area contributed by atoms with E-state index in [2.05, 4.69) is 4.72 Å². The van der Waals surface area contributed by atoms with Crippen molar-refractivity contribution in [2.75, 3.05) is 32.6 Å². The lowest BCUT2D eigenvalue weighted by atomic mass is 10.1. The summed E-state index contributed by atoms with van der Waals surface area (Å²) in [6.07, 6.45) is 2.88. The van der Waals surface area contributed by atoms with E-state index in [0.29, 0.717) is 32.4 Å². The van der Waals surface area contributed by atoms with Crippen molar-refractivity contribution in [3.8, 4) is 0 Å². The zero-order chi connectivity index (χ0) is 14.3. The van der Waals surface area contributed by atoms with Crippen molar-refractivity contribution in [1.29, 1.82) is 0 Å². The van der Waals surface area contributed by atoms with Crippen LogP contribution in [0.5, 0.6) is 0 Å². The second kappa shape index (κ2) is 7.81. The molecule has 112 valence electrons. The number of ether oxygens (including phenoxy) is 1. The summed E-state index contributed by atoms with van der Waals surface area (Å²) < 4.78 is 31.1. The van der Waals surface area contributed by atoms with Gasteiger partial charge in [0, 0.05) is 26.2 Å². The first-order valence-corrected chi connectivity index (χ1v) is 8.40. The largest absolute Gasteiger partial charge is 0.375 e. The van der Waals surface area contributed by atoms with Gasteiger partial charge in [0.2, 0.25) is 15.9 Å². The van der Waals surface area contributed by atoms with Crippen LogP contribution in [-0.2, 0) is 19.6 Å². The normalized spacial score (nSPS) is 17.7. The lowest BCUT2D eigenvalue weighted by molar-refractivity contribution is -0.136. The van der Waals surface area contributed by atoms with Crippen molar-refractivity contribution < 1.29 is 17.9 Å². The molecule has 1 fully saturated rings. The van der Waals surface area contributed by atoms with Gasteiger partial charge in [0.25, 0.3) is 0 Å². The van der Waals surface area contributed by atoms with Crippen LogP contribution in [0, 0.1) is 0 Å². The minimum atomic E-state index is -3.17. The molecule has 0 aromatic carbocycles. The number of rotatable bonds is 7. The predicted molar refractivity (Wildman–Crippen MR) is 73.3 cm³/mol. The Bertz CT molecular complexity index is 375. The number of carbonyl (C=O) groups is 1. The molecular formula is C12H24N2O4S. The van der Waals surface area contributed by atoms with E-state index in [-0.39, 0.29) is 24.3 Å². The number of unbranched alkanes of at least 4 members (excludes halogenated alkanes) is 1. The molecule has 1 heterocycles. The number of carbonyl (C=O) groups excluding carboxylic acids is 1. The smallest absolute Gasteiger partial charge is 0.248 e. The Morgan fingerprint density at radius 1 is 1.37 bits per heavy atom. The molecule has 0 spiro atoms. The van der Waals surface area contributed by atoms with Gasteiger partial charge in [-0.3, -0.25) is 4.79 Å². The fourth-order valence-electron chi connectivity index (χ4n) is 2.11. The molecule has 1 aliphatic heterocycles. The molecular weight excluding hydrogens is 268 g/mol. The maximum Gasteiger partial charge on any atom is 0.248 e. The van der Waals surface area contributed by atoms with E-state index in [1.807, 2.05) is 6.92 Å². The summed E-state index contributed by atoms with van der Waals surface area (Å²) >= 11 is 0. The highest BCUT2D eigenvalue weighted by molar-refractivity contribution is 7.89. The molecule has 6 nitrogen and oxygen atoms in total. The number of likely N-dealkylation sites (tertiary alicyclic amines) is 1. The third-order valence-electron chi connectivity index (χ3n) is 3.23. The maximum absolute atomic E-state index is 11.8. The predicted octanol–water partition coefficient (Wildman–Crippen LogP) is 0.343. The van der Waals surface area contributed by atoms with Crippen LogP contribution >= 0.6 is 0 Å². The van der Waals surface area contributed by atoms with Crippen LogP contribution in [0.25, 0.3) is 0 Å². The Morgan fingerprint density at radius 2 is 2.00 bits per heavy atom. The maximum atomic E-state index is 11.8. The van der Waals surface area contributed by atoms with Crippen LogP contribution in [0.4, 0.5) is 0 Å². The number of amides is 1. The van der Waals surface area contributed by atoms with Crippen LogP contribution in [0.15, 0.2) is 0 Å². The van der Waals surface area contributed by atoms with Crippen LogP contribution in [-0.4, -0.2) is 57.8 Å². The molecule has 0 unspecified atom stereocenters. The fourth-order valence-corrected chi connectivity index (χ4v) is 3.64. The van der Waals surface area contributed by atoms with E-state index in [1.54, 1.807) is 4.90 Å². The summed E-state index contributed by atoms with van der Waals surface area (Å²) in [6.45, 7) is 3.23. The molecule has 1 saturated heterocycles. The summed E-state index contributed by atoms with van der Waals surface area (Å²) in [5.41, 5.74) is 0. The zero-order valence-corrected chi connectivity index (χ0v) is 12.5. The molecule has 1 aliphatic rings. The van der Waals surface area contributed by atoms with E-state index >= 15 is 0 Å².